The molecule has 184 valence electrons. The van der Waals surface area contributed by atoms with Crippen molar-refractivity contribution < 1.29 is 77.6 Å². The van der Waals surface area contributed by atoms with Crippen molar-refractivity contribution in [1.82, 2.24) is 0 Å². The third kappa shape index (κ3) is 25.0. The zero-order valence-corrected chi connectivity index (χ0v) is 16.8. The lowest BCUT2D eigenvalue weighted by Crippen LogP contribution is -2.22. The molecule has 0 unspecified atom stereocenters. The molecule has 0 rings (SSSR count). The SMILES string of the molecule is O=C(CO)OC(=O)COCCOCC(=O)OC(=O)CO.O=C(O)COCCOCC(=O)O. The molecule has 0 bridgehead atoms. The highest BCUT2D eigenvalue weighted by atomic mass is 16.6. The Morgan fingerprint density at radius 2 is 0.750 bits per heavy atom. The van der Waals surface area contributed by atoms with E-state index in [0.717, 1.165) is 0 Å². The molecule has 0 atom stereocenters. The van der Waals surface area contributed by atoms with Gasteiger partial charge in [-0.3, -0.25) is 0 Å². The van der Waals surface area contributed by atoms with Gasteiger partial charge < -0.3 is 48.8 Å². The number of aliphatic hydroxyl groups is 2. The molecule has 0 aliphatic rings. The average Bonchev–Trinajstić information content (AvgIpc) is 2.72. The first-order valence-electron chi connectivity index (χ1n) is 8.55. The number of carbonyl (C=O) groups excluding carboxylic acids is 4. The van der Waals surface area contributed by atoms with Gasteiger partial charge in [-0.05, 0) is 0 Å². The van der Waals surface area contributed by atoms with Crippen molar-refractivity contribution in [2.24, 2.45) is 0 Å². The van der Waals surface area contributed by atoms with Crippen LogP contribution < -0.4 is 0 Å². The first kappa shape index (κ1) is 31.2. The number of carboxylic acids is 2. The summed E-state index contributed by atoms with van der Waals surface area (Å²) in [5.74, 6) is -6.26. The number of hydrogen-bond acceptors (Lipinski definition) is 14. The lowest BCUT2D eigenvalue weighted by molar-refractivity contribution is -0.167. The lowest BCUT2D eigenvalue weighted by atomic mass is 10.6. The van der Waals surface area contributed by atoms with E-state index in [2.05, 4.69) is 18.9 Å². The zero-order valence-electron chi connectivity index (χ0n) is 16.8. The molecule has 0 saturated heterocycles. The van der Waals surface area contributed by atoms with Gasteiger partial charge in [0, 0.05) is 0 Å². The molecule has 0 heterocycles. The standard InChI is InChI=1S/C10H14O10.C6H10O6/c11-3-7(13)19-9(15)5-17-1-2-18-6-10(16)20-8(14)4-12;7-5(8)3-11-1-2-12-4-6(9)10/h11-12H,1-6H2;1-4H2,(H,7,8)(H,9,10). The summed E-state index contributed by atoms with van der Waals surface area (Å²) in [4.78, 5) is 62.4. The molecule has 4 N–H and O–H groups in total. The highest BCUT2D eigenvalue weighted by molar-refractivity contribution is 5.87. The molecule has 16 nitrogen and oxygen atoms in total. The molecule has 0 saturated carbocycles. The van der Waals surface area contributed by atoms with Gasteiger partial charge in [0.1, 0.15) is 39.6 Å². The van der Waals surface area contributed by atoms with Crippen molar-refractivity contribution in [3.63, 3.8) is 0 Å². The van der Waals surface area contributed by atoms with Gasteiger partial charge in [-0.15, -0.1) is 0 Å². The van der Waals surface area contributed by atoms with E-state index in [-0.39, 0.29) is 26.4 Å². The Morgan fingerprint density at radius 1 is 0.469 bits per heavy atom. The summed E-state index contributed by atoms with van der Waals surface area (Å²) < 4.78 is 26.7. The summed E-state index contributed by atoms with van der Waals surface area (Å²) in [6, 6.07) is 0. The second-order valence-electron chi connectivity index (χ2n) is 5.01. The van der Waals surface area contributed by atoms with Gasteiger partial charge in [0.25, 0.3) is 0 Å². The van der Waals surface area contributed by atoms with Gasteiger partial charge in [-0.2, -0.15) is 0 Å². The maximum atomic E-state index is 10.9. The number of hydrogen-bond donors (Lipinski definition) is 4. The van der Waals surface area contributed by atoms with E-state index < -0.39 is 75.5 Å². The quantitative estimate of drug-likeness (QED) is 0.0961. The van der Waals surface area contributed by atoms with Crippen LogP contribution in [0.25, 0.3) is 0 Å². The van der Waals surface area contributed by atoms with Crippen molar-refractivity contribution in [3.05, 3.63) is 0 Å². The van der Waals surface area contributed by atoms with E-state index >= 15 is 0 Å². The van der Waals surface area contributed by atoms with Crippen LogP contribution in [0, 0.1) is 0 Å². The largest absolute Gasteiger partial charge is 0.480 e. The highest BCUT2D eigenvalue weighted by Crippen LogP contribution is 1.86. The van der Waals surface area contributed by atoms with Crippen LogP contribution in [0.4, 0.5) is 0 Å². The molecule has 0 radical (unpaired) electrons. The Labute approximate surface area is 180 Å². The summed E-state index contributed by atoms with van der Waals surface area (Å²) >= 11 is 0. The van der Waals surface area contributed by atoms with Gasteiger partial charge >= 0.3 is 35.8 Å². The minimum absolute atomic E-state index is 0.0797. The minimum atomic E-state index is -1.09. The van der Waals surface area contributed by atoms with Crippen LogP contribution in [0.5, 0.6) is 0 Å². The van der Waals surface area contributed by atoms with Gasteiger partial charge in [0.2, 0.25) is 0 Å². The molecule has 0 fully saturated rings. The number of carbonyl (C=O) groups is 6. The molecule has 0 aromatic carbocycles. The molecule has 16 heteroatoms. The van der Waals surface area contributed by atoms with Gasteiger partial charge in [-0.25, -0.2) is 28.8 Å². The van der Waals surface area contributed by atoms with Crippen LogP contribution in [0.15, 0.2) is 0 Å². The monoisotopic (exact) mass is 472 g/mol. The average molecular weight is 472 g/mol. The first-order valence-corrected chi connectivity index (χ1v) is 8.55. The Morgan fingerprint density at radius 3 is 1.00 bits per heavy atom. The maximum Gasteiger partial charge on any atom is 0.339 e. The maximum absolute atomic E-state index is 10.9. The van der Waals surface area contributed by atoms with Gasteiger partial charge in [0.15, 0.2) is 0 Å². The van der Waals surface area contributed by atoms with E-state index in [9.17, 15) is 28.8 Å². The van der Waals surface area contributed by atoms with Crippen molar-refractivity contribution in [3.8, 4) is 0 Å². The Kier molecular flexibility index (Phi) is 20.7. The molecule has 0 aliphatic heterocycles. The summed E-state index contributed by atoms with van der Waals surface area (Å²) in [5, 5.41) is 32.8. The molecule has 0 amide bonds. The molecule has 0 aromatic heterocycles. The predicted octanol–water partition coefficient (Wildman–Crippen LogP) is -3.67. The number of aliphatic hydroxyl groups excluding tert-OH is 2. The fourth-order valence-electron chi connectivity index (χ4n) is 1.24. The third-order valence-corrected chi connectivity index (χ3v) is 2.35. The third-order valence-electron chi connectivity index (χ3n) is 2.35. The zero-order chi connectivity index (χ0) is 24.8. The van der Waals surface area contributed by atoms with Crippen LogP contribution in [-0.2, 0) is 57.2 Å². The van der Waals surface area contributed by atoms with Gasteiger partial charge in [0.05, 0.1) is 26.4 Å². The Hall–Kier alpha value is -3.02. The van der Waals surface area contributed by atoms with Crippen molar-refractivity contribution >= 4 is 35.8 Å². The van der Waals surface area contributed by atoms with Crippen LogP contribution >= 0.6 is 0 Å². The molecule has 0 aliphatic carbocycles. The van der Waals surface area contributed by atoms with Crippen molar-refractivity contribution in [2.75, 3.05) is 66.1 Å². The van der Waals surface area contributed by atoms with Crippen LogP contribution in [0.3, 0.4) is 0 Å². The summed E-state index contributed by atoms with van der Waals surface area (Å²) in [6.07, 6.45) is 0. The Bertz CT molecular complexity index is 549. The number of ether oxygens (including phenoxy) is 6. The van der Waals surface area contributed by atoms with E-state index in [1.165, 1.54) is 0 Å². The normalized spacial score (nSPS) is 9.81. The fourth-order valence-corrected chi connectivity index (χ4v) is 1.24. The van der Waals surface area contributed by atoms with Crippen LogP contribution in [-0.4, -0.2) is 122 Å². The summed E-state index contributed by atoms with van der Waals surface area (Å²) in [5.41, 5.74) is 0. The van der Waals surface area contributed by atoms with E-state index in [1.54, 1.807) is 0 Å². The number of carboxylic acid groups (broad SMARTS) is 2. The van der Waals surface area contributed by atoms with Crippen molar-refractivity contribution in [1.29, 1.82) is 0 Å². The molecule has 32 heavy (non-hydrogen) atoms. The predicted molar refractivity (Wildman–Crippen MR) is 94.9 cm³/mol. The van der Waals surface area contributed by atoms with E-state index in [1.807, 2.05) is 0 Å². The molecule has 0 aromatic rings. The minimum Gasteiger partial charge on any atom is -0.480 e. The topological polar surface area (TPSA) is 239 Å². The smallest absolute Gasteiger partial charge is 0.339 e. The molecular formula is C16H24O16. The van der Waals surface area contributed by atoms with E-state index in [4.69, 9.17) is 29.9 Å². The number of esters is 4. The lowest BCUT2D eigenvalue weighted by Gasteiger charge is -2.05. The summed E-state index contributed by atoms with van der Waals surface area (Å²) in [6.45, 7) is -3.66. The fraction of sp³-hybridized carbons (Fsp3) is 0.625. The van der Waals surface area contributed by atoms with E-state index in [0.29, 0.717) is 0 Å². The van der Waals surface area contributed by atoms with Crippen LogP contribution in [0.1, 0.15) is 0 Å². The second kappa shape index (κ2) is 21.2. The second-order valence-corrected chi connectivity index (χ2v) is 5.01. The molecular weight excluding hydrogens is 448 g/mol. The van der Waals surface area contributed by atoms with Crippen molar-refractivity contribution in [2.45, 2.75) is 0 Å². The highest BCUT2D eigenvalue weighted by Gasteiger charge is 2.10. The summed E-state index contributed by atoms with van der Waals surface area (Å²) in [7, 11) is 0. The number of aliphatic carboxylic acids is 2. The number of rotatable bonds is 16. The Balaban J connectivity index is 0. The van der Waals surface area contributed by atoms with Gasteiger partial charge in [-0.1, -0.05) is 0 Å². The molecule has 0 spiro atoms. The van der Waals surface area contributed by atoms with Crippen LogP contribution in [0.2, 0.25) is 0 Å². The first-order chi connectivity index (χ1) is 15.1.